The molecule has 3 aromatic rings. The normalized spacial score (nSPS) is 10.8. The van der Waals surface area contributed by atoms with Gasteiger partial charge in [0.05, 0.1) is 18.7 Å². The number of rotatable bonds is 6. The molecule has 1 aromatic heterocycles. The van der Waals surface area contributed by atoms with E-state index >= 15 is 0 Å². The number of nitrogens with zero attached hydrogens (tertiary/aromatic N) is 1. The molecule has 0 spiro atoms. The van der Waals surface area contributed by atoms with Crippen LogP contribution in [0.3, 0.4) is 0 Å². The van der Waals surface area contributed by atoms with Crippen LogP contribution >= 0.6 is 0 Å². The minimum Gasteiger partial charge on any atom is -0.383 e. The SMILES string of the molecule is COCCN(Cc1cc2cc(C)cc(C)c2[nH]c1=O)C(=O)Nc1ccccc1. The molecule has 2 N–H and O–H groups in total. The summed E-state index contributed by atoms with van der Waals surface area (Å²) >= 11 is 0. The van der Waals surface area contributed by atoms with E-state index in [1.807, 2.05) is 62.4 Å². The minimum absolute atomic E-state index is 0.186. The highest BCUT2D eigenvalue weighted by Crippen LogP contribution is 2.19. The fourth-order valence-electron chi connectivity index (χ4n) is 3.23. The Morgan fingerprint density at radius 1 is 1.14 bits per heavy atom. The third-order valence-corrected chi connectivity index (χ3v) is 4.61. The molecule has 1 heterocycles. The third kappa shape index (κ3) is 4.58. The second-order valence-corrected chi connectivity index (χ2v) is 6.88. The molecule has 0 aliphatic carbocycles. The van der Waals surface area contributed by atoms with Gasteiger partial charge in [-0.25, -0.2) is 4.79 Å². The van der Waals surface area contributed by atoms with Crippen molar-refractivity contribution < 1.29 is 9.53 Å². The Labute approximate surface area is 164 Å². The van der Waals surface area contributed by atoms with Gasteiger partial charge in [0.25, 0.3) is 5.56 Å². The number of carbonyl (C=O) groups excluding carboxylic acids is 1. The number of nitrogens with one attached hydrogen (secondary N) is 2. The Morgan fingerprint density at radius 3 is 2.61 bits per heavy atom. The number of benzene rings is 2. The van der Waals surface area contributed by atoms with Gasteiger partial charge in [0.15, 0.2) is 0 Å². The lowest BCUT2D eigenvalue weighted by molar-refractivity contribution is 0.152. The number of hydrogen-bond acceptors (Lipinski definition) is 3. The van der Waals surface area contributed by atoms with Crippen molar-refractivity contribution in [1.82, 2.24) is 9.88 Å². The highest BCUT2D eigenvalue weighted by atomic mass is 16.5. The molecule has 2 amide bonds. The molecule has 6 heteroatoms. The second-order valence-electron chi connectivity index (χ2n) is 6.88. The zero-order chi connectivity index (χ0) is 20.1. The van der Waals surface area contributed by atoms with Gasteiger partial charge in [0, 0.05) is 24.9 Å². The minimum atomic E-state index is -0.275. The van der Waals surface area contributed by atoms with Crippen molar-refractivity contribution in [3.63, 3.8) is 0 Å². The molecule has 0 atom stereocenters. The lowest BCUT2D eigenvalue weighted by Crippen LogP contribution is -2.38. The van der Waals surface area contributed by atoms with Crippen LogP contribution in [-0.2, 0) is 11.3 Å². The number of hydrogen-bond donors (Lipinski definition) is 2. The molecule has 0 aliphatic rings. The molecular weight excluding hydrogens is 354 g/mol. The van der Waals surface area contributed by atoms with Crippen LogP contribution in [0.2, 0.25) is 0 Å². The monoisotopic (exact) mass is 379 g/mol. The van der Waals surface area contributed by atoms with E-state index in [4.69, 9.17) is 4.74 Å². The number of ether oxygens (including phenoxy) is 1. The third-order valence-electron chi connectivity index (χ3n) is 4.61. The number of aromatic nitrogens is 1. The second kappa shape index (κ2) is 8.71. The summed E-state index contributed by atoms with van der Waals surface area (Å²) in [6.07, 6.45) is 0. The Bertz CT molecular complexity index is 1030. The van der Waals surface area contributed by atoms with E-state index in [0.717, 1.165) is 22.0 Å². The topological polar surface area (TPSA) is 74.4 Å². The molecule has 3 rings (SSSR count). The van der Waals surface area contributed by atoms with Crippen molar-refractivity contribution in [1.29, 1.82) is 0 Å². The number of methoxy groups -OCH3 is 1. The van der Waals surface area contributed by atoms with Gasteiger partial charge < -0.3 is 19.9 Å². The van der Waals surface area contributed by atoms with Gasteiger partial charge in [-0.15, -0.1) is 0 Å². The molecule has 0 saturated carbocycles. The largest absolute Gasteiger partial charge is 0.383 e. The van der Waals surface area contributed by atoms with Crippen LogP contribution in [0.4, 0.5) is 10.5 Å². The quantitative estimate of drug-likeness (QED) is 0.684. The summed E-state index contributed by atoms with van der Waals surface area (Å²) in [6, 6.07) is 14.9. The number of fused-ring (bicyclic) bond motifs is 1. The van der Waals surface area contributed by atoms with Crippen molar-refractivity contribution in [2.24, 2.45) is 0 Å². The molecule has 0 saturated heterocycles. The van der Waals surface area contributed by atoms with Crippen LogP contribution < -0.4 is 10.9 Å². The van der Waals surface area contributed by atoms with Crippen LogP contribution in [0.25, 0.3) is 10.9 Å². The molecule has 0 fully saturated rings. The average molecular weight is 379 g/mol. The van der Waals surface area contributed by atoms with Crippen molar-refractivity contribution in [2.75, 3.05) is 25.6 Å². The van der Waals surface area contributed by atoms with Crippen LogP contribution in [0, 0.1) is 13.8 Å². The predicted molar refractivity (Wildman–Crippen MR) is 112 cm³/mol. The zero-order valence-corrected chi connectivity index (χ0v) is 16.4. The number of pyridine rings is 1. The molecule has 2 aromatic carbocycles. The number of anilines is 1. The molecular formula is C22H25N3O3. The van der Waals surface area contributed by atoms with Crippen molar-refractivity contribution >= 4 is 22.6 Å². The summed E-state index contributed by atoms with van der Waals surface area (Å²) in [6.45, 7) is 4.95. The Kier molecular flexibility index (Phi) is 6.11. The summed E-state index contributed by atoms with van der Waals surface area (Å²) in [5, 5.41) is 3.83. The van der Waals surface area contributed by atoms with Gasteiger partial charge in [-0.1, -0.05) is 29.8 Å². The van der Waals surface area contributed by atoms with E-state index in [1.165, 1.54) is 0 Å². The number of urea groups is 1. The van der Waals surface area contributed by atoms with E-state index in [1.54, 1.807) is 12.0 Å². The van der Waals surface area contributed by atoms with E-state index in [-0.39, 0.29) is 18.1 Å². The molecule has 6 nitrogen and oxygen atoms in total. The number of H-pyrrole nitrogens is 1. The van der Waals surface area contributed by atoms with Crippen LogP contribution in [-0.4, -0.2) is 36.2 Å². The smallest absolute Gasteiger partial charge is 0.322 e. The van der Waals surface area contributed by atoms with Crippen LogP contribution in [0.1, 0.15) is 16.7 Å². The Balaban J connectivity index is 1.88. The fraction of sp³-hybridized carbons (Fsp3) is 0.273. The van der Waals surface area contributed by atoms with Crippen molar-refractivity contribution in [3.05, 3.63) is 75.6 Å². The summed E-state index contributed by atoms with van der Waals surface area (Å²) in [5.74, 6) is 0. The van der Waals surface area contributed by atoms with E-state index in [9.17, 15) is 9.59 Å². The maximum atomic E-state index is 12.8. The van der Waals surface area contributed by atoms with Gasteiger partial charge >= 0.3 is 6.03 Å². The Morgan fingerprint density at radius 2 is 1.89 bits per heavy atom. The fourth-order valence-corrected chi connectivity index (χ4v) is 3.23. The first-order valence-electron chi connectivity index (χ1n) is 9.21. The van der Waals surface area contributed by atoms with Gasteiger partial charge in [-0.2, -0.15) is 0 Å². The zero-order valence-electron chi connectivity index (χ0n) is 16.4. The van der Waals surface area contributed by atoms with Gasteiger partial charge in [0.1, 0.15) is 0 Å². The maximum absolute atomic E-state index is 12.8. The maximum Gasteiger partial charge on any atom is 0.322 e. The van der Waals surface area contributed by atoms with Crippen LogP contribution in [0.5, 0.6) is 0 Å². The van der Waals surface area contributed by atoms with Gasteiger partial charge in [-0.3, -0.25) is 4.79 Å². The number of para-hydroxylation sites is 1. The molecule has 0 bridgehead atoms. The Hall–Kier alpha value is -3.12. The highest BCUT2D eigenvalue weighted by Gasteiger charge is 2.16. The molecule has 0 unspecified atom stereocenters. The average Bonchev–Trinajstić information content (AvgIpc) is 2.66. The summed E-state index contributed by atoms with van der Waals surface area (Å²) in [5.41, 5.74) is 4.04. The molecule has 0 radical (unpaired) electrons. The lowest BCUT2D eigenvalue weighted by Gasteiger charge is -2.23. The van der Waals surface area contributed by atoms with Crippen molar-refractivity contribution in [3.8, 4) is 0 Å². The van der Waals surface area contributed by atoms with Crippen molar-refractivity contribution in [2.45, 2.75) is 20.4 Å². The van der Waals surface area contributed by atoms with E-state index < -0.39 is 0 Å². The first-order valence-corrected chi connectivity index (χ1v) is 9.21. The summed E-state index contributed by atoms with van der Waals surface area (Å²) in [7, 11) is 1.58. The molecule has 146 valence electrons. The molecule has 0 aliphatic heterocycles. The first kappa shape index (κ1) is 19.6. The van der Waals surface area contributed by atoms with Crippen LogP contribution in [0.15, 0.2) is 53.3 Å². The molecule has 28 heavy (non-hydrogen) atoms. The van der Waals surface area contributed by atoms with E-state index in [2.05, 4.69) is 10.3 Å². The number of aromatic amines is 1. The number of aryl methyl sites for hydroxylation is 2. The first-order chi connectivity index (χ1) is 13.5. The number of amides is 2. The summed E-state index contributed by atoms with van der Waals surface area (Å²) < 4.78 is 5.13. The predicted octanol–water partition coefficient (Wildman–Crippen LogP) is 3.83. The van der Waals surface area contributed by atoms with E-state index in [0.29, 0.717) is 24.4 Å². The van der Waals surface area contributed by atoms with Gasteiger partial charge in [0.2, 0.25) is 0 Å². The standard InChI is InChI=1S/C22H25N3O3/c1-15-11-16(2)20-17(12-15)13-18(21(26)24-20)14-25(9-10-28-3)22(27)23-19-7-5-4-6-8-19/h4-8,11-13H,9-10,14H2,1-3H3,(H,23,27)(H,24,26). The van der Waals surface area contributed by atoms with Gasteiger partial charge in [-0.05, 0) is 49.1 Å². The number of carbonyl (C=O) groups is 1. The lowest BCUT2D eigenvalue weighted by atomic mass is 10.1. The summed E-state index contributed by atoms with van der Waals surface area (Å²) in [4.78, 5) is 29.9. The highest BCUT2D eigenvalue weighted by molar-refractivity contribution is 5.89.